The third-order valence-electron chi connectivity index (χ3n) is 3.88. The highest BCUT2D eigenvalue weighted by Crippen LogP contribution is 2.29. The van der Waals surface area contributed by atoms with Crippen molar-refractivity contribution in [3.05, 3.63) is 58.6 Å². The molecule has 3 rings (SSSR count). The number of hydrogen-bond acceptors (Lipinski definition) is 3. The molecule has 2 aromatic rings. The number of fused-ring (bicyclic) bond motifs is 1. The van der Waals surface area contributed by atoms with Gasteiger partial charge in [-0.05, 0) is 55.1 Å². The van der Waals surface area contributed by atoms with Crippen molar-refractivity contribution in [2.24, 2.45) is 0 Å². The molecule has 1 aliphatic heterocycles. The van der Waals surface area contributed by atoms with E-state index in [2.05, 4.69) is 4.90 Å². The average Bonchev–Trinajstić information content (AvgIpc) is 2.65. The Balaban J connectivity index is 2.00. The van der Waals surface area contributed by atoms with Crippen molar-refractivity contribution >= 4 is 28.9 Å². The smallest absolute Gasteiger partial charge is 0.258 e. The molecule has 0 atom stereocenters. The van der Waals surface area contributed by atoms with Crippen LogP contribution >= 0.6 is 11.6 Å². The molecule has 1 heterocycles. The summed E-state index contributed by atoms with van der Waals surface area (Å²) in [5, 5.41) is 0.689. The number of nitrogen functional groups attached to an aromatic ring is 1. The lowest BCUT2D eigenvalue weighted by Gasteiger charge is -2.23. The van der Waals surface area contributed by atoms with Crippen LogP contribution in [0.3, 0.4) is 0 Å². The largest absolute Gasteiger partial charge is 0.399 e. The van der Waals surface area contributed by atoms with Gasteiger partial charge in [0.1, 0.15) is 0 Å². The van der Waals surface area contributed by atoms with Crippen LogP contribution in [0.5, 0.6) is 0 Å². The Morgan fingerprint density at radius 3 is 2.59 bits per heavy atom. The highest BCUT2D eigenvalue weighted by molar-refractivity contribution is 6.30. The maximum atomic E-state index is 12.9. The summed E-state index contributed by atoms with van der Waals surface area (Å²) in [5.74, 6) is -0.0149. The molecule has 0 spiro atoms. The van der Waals surface area contributed by atoms with Crippen molar-refractivity contribution < 1.29 is 4.79 Å². The highest BCUT2D eigenvalue weighted by Gasteiger charge is 2.24. The van der Waals surface area contributed by atoms with E-state index in [0.717, 1.165) is 24.3 Å². The van der Waals surface area contributed by atoms with Gasteiger partial charge in [-0.1, -0.05) is 11.6 Å². The number of rotatable bonds is 1. The zero-order valence-electron chi connectivity index (χ0n) is 12.4. The fraction of sp³-hybridized carbons (Fsp3) is 0.235. The fourth-order valence-corrected chi connectivity index (χ4v) is 2.89. The summed E-state index contributed by atoms with van der Waals surface area (Å²) in [6.45, 7) is 2.24. The second-order valence-electron chi connectivity index (χ2n) is 5.59. The van der Waals surface area contributed by atoms with Gasteiger partial charge in [-0.2, -0.15) is 0 Å². The molecule has 0 fully saturated rings. The Morgan fingerprint density at radius 1 is 1.14 bits per heavy atom. The van der Waals surface area contributed by atoms with Crippen LogP contribution in [0.25, 0.3) is 0 Å². The summed E-state index contributed by atoms with van der Waals surface area (Å²) in [4.78, 5) is 16.9. The molecule has 2 aromatic carbocycles. The van der Waals surface area contributed by atoms with Crippen LogP contribution in [-0.4, -0.2) is 30.9 Å². The number of likely N-dealkylation sites (N-methyl/N-ethyl adjacent to an activating group) is 1. The lowest BCUT2D eigenvalue weighted by Crippen LogP contribution is -2.35. The Kier molecular flexibility index (Phi) is 4.05. The zero-order valence-corrected chi connectivity index (χ0v) is 13.2. The molecule has 0 saturated heterocycles. The first-order valence-corrected chi connectivity index (χ1v) is 7.57. The lowest BCUT2D eigenvalue weighted by atomic mass is 10.1. The van der Waals surface area contributed by atoms with Gasteiger partial charge in [0.15, 0.2) is 0 Å². The second-order valence-corrected chi connectivity index (χ2v) is 6.03. The molecular formula is C17H18ClN3O. The van der Waals surface area contributed by atoms with E-state index < -0.39 is 0 Å². The van der Waals surface area contributed by atoms with Crippen molar-refractivity contribution in [3.8, 4) is 0 Å². The molecular weight excluding hydrogens is 298 g/mol. The molecule has 0 unspecified atom stereocenters. The van der Waals surface area contributed by atoms with Gasteiger partial charge in [0.25, 0.3) is 5.91 Å². The molecule has 0 aromatic heterocycles. The molecule has 0 radical (unpaired) electrons. The SMILES string of the molecule is CN1CCN(C(=O)c2ccc(N)cc2)c2ccc(Cl)cc2C1. The molecule has 0 aliphatic carbocycles. The lowest BCUT2D eigenvalue weighted by molar-refractivity contribution is 0.0986. The predicted octanol–water partition coefficient (Wildman–Crippen LogP) is 3.01. The Morgan fingerprint density at radius 2 is 1.86 bits per heavy atom. The molecule has 0 saturated carbocycles. The van der Waals surface area contributed by atoms with E-state index in [4.69, 9.17) is 17.3 Å². The topological polar surface area (TPSA) is 49.6 Å². The minimum Gasteiger partial charge on any atom is -0.399 e. The number of anilines is 2. The predicted molar refractivity (Wildman–Crippen MR) is 90.3 cm³/mol. The van der Waals surface area contributed by atoms with Gasteiger partial charge < -0.3 is 15.5 Å². The maximum Gasteiger partial charge on any atom is 0.258 e. The van der Waals surface area contributed by atoms with E-state index >= 15 is 0 Å². The van der Waals surface area contributed by atoms with E-state index in [0.29, 0.717) is 22.8 Å². The normalized spacial score (nSPS) is 15.3. The van der Waals surface area contributed by atoms with Crippen LogP contribution in [0, 0.1) is 0 Å². The van der Waals surface area contributed by atoms with Crippen LogP contribution in [0.1, 0.15) is 15.9 Å². The summed E-state index contributed by atoms with van der Waals surface area (Å²) >= 11 is 6.10. The Labute approximate surface area is 135 Å². The number of benzene rings is 2. The molecule has 5 heteroatoms. The molecule has 1 aliphatic rings. The minimum absolute atomic E-state index is 0.0149. The van der Waals surface area contributed by atoms with Gasteiger partial charge in [0.2, 0.25) is 0 Å². The quantitative estimate of drug-likeness (QED) is 0.823. The number of amides is 1. The number of halogens is 1. The summed E-state index contributed by atoms with van der Waals surface area (Å²) < 4.78 is 0. The first kappa shape index (κ1) is 14.9. The van der Waals surface area contributed by atoms with Gasteiger partial charge in [-0.25, -0.2) is 0 Å². The zero-order chi connectivity index (χ0) is 15.7. The van der Waals surface area contributed by atoms with E-state index in [1.54, 1.807) is 24.3 Å². The Bertz CT molecular complexity index is 700. The maximum absolute atomic E-state index is 12.9. The first-order valence-electron chi connectivity index (χ1n) is 7.19. The summed E-state index contributed by atoms with van der Waals surface area (Å²) in [6, 6.07) is 12.7. The van der Waals surface area contributed by atoms with Crippen LogP contribution in [0.2, 0.25) is 5.02 Å². The van der Waals surface area contributed by atoms with Crippen molar-refractivity contribution in [2.45, 2.75) is 6.54 Å². The van der Waals surface area contributed by atoms with Crippen molar-refractivity contribution in [1.29, 1.82) is 0 Å². The third-order valence-corrected chi connectivity index (χ3v) is 4.12. The van der Waals surface area contributed by atoms with E-state index in [-0.39, 0.29) is 5.91 Å². The van der Waals surface area contributed by atoms with E-state index in [1.165, 1.54) is 0 Å². The first-order chi connectivity index (χ1) is 10.5. The summed E-state index contributed by atoms with van der Waals surface area (Å²) in [7, 11) is 2.04. The summed E-state index contributed by atoms with van der Waals surface area (Å²) in [6.07, 6.45) is 0. The molecule has 22 heavy (non-hydrogen) atoms. The molecule has 1 amide bonds. The third kappa shape index (κ3) is 2.93. The van der Waals surface area contributed by atoms with Crippen molar-refractivity contribution in [3.63, 3.8) is 0 Å². The highest BCUT2D eigenvalue weighted by atomic mass is 35.5. The molecule has 2 N–H and O–H groups in total. The molecule has 0 bridgehead atoms. The van der Waals surface area contributed by atoms with Gasteiger partial charge in [-0.3, -0.25) is 4.79 Å². The van der Waals surface area contributed by atoms with Crippen LogP contribution in [0.4, 0.5) is 11.4 Å². The van der Waals surface area contributed by atoms with Crippen LogP contribution in [-0.2, 0) is 6.54 Å². The number of carbonyl (C=O) groups excluding carboxylic acids is 1. The van der Waals surface area contributed by atoms with Crippen LogP contribution in [0.15, 0.2) is 42.5 Å². The van der Waals surface area contributed by atoms with Gasteiger partial charge in [0, 0.05) is 41.6 Å². The number of hydrogen-bond donors (Lipinski definition) is 1. The van der Waals surface area contributed by atoms with Gasteiger partial charge >= 0.3 is 0 Å². The molecule has 4 nitrogen and oxygen atoms in total. The standard InChI is InChI=1S/C17H18ClN3O/c1-20-8-9-21(16-7-4-14(18)10-13(16)11-20)17(22)12-2-5-15(19)6-3-12/h2-7,10H,8-9,11,19H2,1H3. The summed E-state index contributed by atoms with van der Waals surface area (Å²) in [5.41, 5.74) is 8.98. The van der Waals surface area contributed by atoms with Gasteiger partial charge in [0.05, 0.1) is 0 Å². The van der Waals surface area contributed by atoms with Crippen LogP contribution < -0.4 is 10.6 Å². The number of nitrogens with two attached hydrogens (primary N) is 1. The van der Waals surface area contributed by atoms with E-state index in [9.17, 15) is 4.79 Å². The second kappa shape index (κ2) is 5.99. The van der Waals surface area contributed by atoms with Gasteiger partial charge in [-0.15, -0.1) is 0 Å². The number of nitrogens with zero attached hydrogens (tertiary/aromatic N) is 2. The Hall–Kier alpha value is -2.04. The van der Waals surface area contributed by atoms with E-state index in [1.807, 2.05) is 30.1 Å². The fourth-order valence-electron chi connectivity index (χ4n) is 2.70. The monoisotopic (exact) mass is 315 g/mol. The average molecular weight is 316 g/mol. The minimum atomic E-state index is -0.0149. The van der Waals surface area contributed by atoms with Crippen molar-refractivity contribution in [2.75, 3.05) is 30.8 Å². The molecule has 114 valence electrons. The van der Waals surface area contributed by atoms with Crippen molar-refractivity contribution in [1.82, 2.24) is 4.90 Å². The number of carbonyl (C=O) groups is 1.